The number of fused-ring (bicyclic) bond motifs is 2. The van der Waals surface area contributed by atoms with Gasteiger partial charge in [0.05, 0.1) is 12.9 Å². The van der Waals surface area contributed by atoms with Crippen LogP contribution in [0.1, 0.15) is 75.5 Å². The molecular formula is C31H52ClN5O6Si3. The van der Waals surface area contributed by atoms with Crippen molar-refractivity contribution in [3.05, 3.63) is 11.5 Å². The zero-order chi connectivity index (χ0) is 34.6. The van der Waals surface area contributed by atoms with Crippen LogP contribution in [0.2, 0.25) is 47.0 Å². The first-order valence-electron chi connectivity index (χ1n) is 16.3. The number of nitrogens with one attached hydrogen (secondary N) is 1. The largest absolute Gasteiger partial charge is 0.414 e. The highest BCUT2D eigenvalue weighted by atomic mass is 35.5. The number of carbonyl (C=O) groups excluding carboxylic acids is 1. The molecule has 2 aliphatic heterocycles. The van der Waals surface area contributed by atoms with Gasteiger partial charge in [-0.1, -0.05) is 106 Å². The molecule has 2 N–H and O–H groups in total. The van der Waals surface area contributed by atoms with Crippen molar-refractivity contribution in [1.29, 1.82) is 0 Å². The minimum absolute atomic E-state index is 0.0300. The highest BCUT2D eigenvalue weighted by Crippen LogP contribution is 2.51. The molecule has 0 aliphatic carbocycles. The maximum absolute atomic E-state index is 12.9. The summed E-state index contributed by atoms with van der Waals surface area (Å²) >= 11 is 6.55. The first kappa shape index (κ1) is 37.1. The molecule has 2 aromatic rings. The summed E-state index contributed by atoms with van der Waals surface area (Å²) in [7, 11) is -7.98. The molecule has 0 radical (unpaired) electrons. The number of aliphatic hydroxyl groups is 1. The number of halogens is 1. The molecule has 2 saturated heterocycles. The van der Waals surface area contributed by atoms with Crippen LogP contribution in [-0.2, 0) is 22.5 Å². The van der Waals surface area contributed by atoms with Crippen molar-refractivity contribution in [2.45, 2.75) is 135 Å². The standard InChI is InChI=1S/C31H52ClN5O6Si3/c1-18(2)28(38)36-30-34-26(32)24-27(35-30)37(17-33-24)29-31(39,14-15-44(11,12)13)25-23(41-29)16-40-45(19(3)4,20(5)6)43-46(42-25,21(7)8)22(9)10/h17-23,25,29,39H,16H2,1-13H3,(H,34,35,36,38)/t23?,25-,29-,31+/m1/s1. The van der Waals surface area contributed by atoms with E-state index in [0.29, 0.717) is 5.52 Å². The molecule has 256 valence electrons. The predicted octanol–water partition coefficient (Wildman–Crippen LogP) is 6.54. The zero-order valence-corrected chi connectivity index (χ0v) is 33.3. The van der Waals surface area contributed by atoms with Gasteiger partial charge in [-0.2, -0.15) is 9.97 Å². The Morgan fingerprint density at radius 1 is 1.04 bits per heavy atom. The molecule has 4 rings (SSSR count). The molecule has 2 aromatic heterocycles. The van der Waals surface area contributed by atoms with Gasteiger partial charge in [0.15, 0.2) is 22.6 Å². The third kappa shape index (κ3) is 6.77. The number of aromatic nitrogens is 4. The molecule has 15 heteroatoms. The molecule has 2 fully saturated rings. The maximum Gasteiger partial charge on any atom is 0.335 e. The van der Waals surface area contributed by atoms with Crippen LogP contribution in [0.5, 0.6) is 0 Å². The Morgan fingerprint density at radius 2 is 1.63 bits per heavy atom. The van der Waals surface area contributed by atoms with Crippen molar-refractivity contribution < 1.29 is 27.6 Å². The van der Waals surface area contributed by atoms with Crippen molar-refractivity contribution in [2.75, 3.05) is 11.9 Å². The average molecular weight is 710 g/mol. The van der Waals surface area contributed by atoms with Crippen molar-refractivity contribution in [1.82, 2.24) is 19.5 Å². The zero-order valence-electron chi connectivity index (χ0n) is 29.6. The van der Waals surface area contributed by atoms with E-state index < -0.39 is 49.2 Å². The van der Waals surface area contributed by atoms with E-state index in [-0.39, 0.29) is 57.3 Å². The van der Waals surface area contributed by atoms with Gasteiger partial charge in [-0.05, 0) is 22.2 Å². The van der Waals surface area contributed by atoms with E-state index in [1.54, 1.807) is 18.4 Å². The summed E-state index contributed by atoms with van der Waals surface area (Å²) in [5, 5.41) is 15.7. The third-order valence-corrected chi connectivity index (χ3v) is 20.2. The fourth-order valence-electron chi connectivity index (χ4n) is 6.24. The molecule has 1 amide bonds. The van der Waals surface area contributed by atoms with Gasteiger partial charge in [0.25, 0.3) is 0 Å². The lowest BCUT2D eigenvalue weighted by molar-refractivity contribution is -0.118. The molecular weight excluding hydrogens is 658 g/mol. The monoisotopic (exact) mass is 709 g/mol. The molecule has 1 unspecified atom stereocenters. The average Bonchev–Trinajstić information content (AvgIpc) is 3.45. The van der Waals surface area contributed by atoms with E-state index in [9.17, 15) is 9.90 Å². The molecule has 0 aromatic carbocycles. The van der Waals surface area contributed by atoms with Crippen LogP contribution in [0.15, 0.2) is 6.33 Å². The number of imidazole rings is 1. The van der Waals surface area contributed by atoms with Crippen molar-refractivity contribution in [2.24, 2.45) is 5.92 Å². The van der Waals surface area contributed by atoms with Crippen molar-refractivity contribution in [3.63, 3.8) is 0 Å². The highest BCUT2D eigenvalue weighted by Gasteiger charge is 2.65. The molecule has 4 heterocycles. The second-order valence-electron chi connectivity index (χ2n) is 15.2. The Balaban J connectivity index is 1.95. The van der Waals surface area contributed by atoms with Gasteiger partial charge in [0.1, 0.15) is 25.8 Å². The summed E-state index contributed by atoms with van der Waals surface area (Å²) in [6.45, 7) is 27.3. The van der Waals surface area contributed by atoms with Gasteiger partial charge in [0.2, 0.25) is 11.9 Å². The van der Waals surface area contributed by atoms with Crippen molar-refractivity contribution in [3.8, 4) is 11.5 Å². The molecule has 11 nitrogen and oxygen atoms in total. The number of amides is 1. The van der Waals surface area contributed by atoms with Gasteiger partial charge in [-0.25, -0.2) is 4.98 Å². The lowest BCUT2D eigenvalue weighted by Crippen LogP contribution is -2.67. The van der Waals surface area contributed by atoms with E-state index in [0.717, 1.165) is 0 Å². The van der Waals surface area contributed by atoms with Crippen LogP contribution < -0.4 is 5.32 Å². The summed E-state index contributed by atoms with van der Waals surface area (Å²) in [5.41, 5.74) is 2.52. The summed E-state index contributed by atoms with van der Waals surface area (Å²) in [4.78, 5) is 25.8. The number of hydrogen-bond acceptors (Lipinski definition) is 9. The van der Waals surface area contributed by atoms with Gasteiger partial charge in [-0.15, -0.1) is 5.54 Å². The Hall–Kier alpha value is -1.68. The van der Waals surface area contributed by atoms with Crippen LogP contribution in [0, 0.1) is 17.4 Å². The Labute approximate surface area is 282 Å². The summed E-state index contributed by atoms with van der Waals surface area (Å²) in [5.74, 6) is 2.73. The second kappa shape index (κ2) is 13.3. The van der Waals surface area contributed by atoms with E-state index in [2.05, 4.69) is 107 Å². The molecule has 0 spiro atoms. The molecule has 0 saturated carbocycles. The minimum Gasteiger partial charge on any atom is -0.414 e. The first-order valence-corrected chi connectivity index (χ1v) is 24.2. The van der Waals surface area contributed by atoms with E-state index >= 15 is 0 Å². The normalized spacial score (nSPS) is 26.4. The molecule has 2 aliphatic rings. The summed E-state index contributed by atoms with van der Waals surface area (Å²) < 4.78 is 30.0. The van der Waals surface area contributed by atoms with E-state index in [1.807, 2.05) is 0 Å². The SMILES string of the molecule is CC(C)C(=O)Nc1nc(Cl)c2ncn([C@@H]3OC4CO[Si](C(C)C)(C(C)C)O[Si](C(C)C)(C(C)C)O[C@H]4[C@@]3(O)C#C[Si](C)(C)C)c2n1. The van der Waals surface area contributed by atoms with Crippen LogP contribution >= 0.6 is 11.6 Å². The number of nitrogens with zero attached hydrogens (tertiary/aromatic N) is 4. The number of rotatable bonds is 7. The fourth-order valence-corrected chi connectivity index (χ4v) is 18.3. The Morgan fingerprint density at radius 3 is 2.15 bits per heavy atom. The van der Waals surface area contributed by atoms with E-state index in [4.69, 9.17) is 29.3 Å². The minimum atomic E-state index is -3.12. The van der Waals surface area contributed by atoms with Crippen LogP contribution in [0.4, 0.5) is 5.95 Å². The quantitative estimate of drug-likeness (QED) is 0.187. The second-order valence-corrected chi connectivity index (χ2v) is 29.1. The number of hydrogen-bond donors (Lipinski definition) is 2. The van der Waals surface area contributed by atoms with Crippen molar-refractivity contribution >= 4 is 59.8 Å². The van der Waals surface area contributed by atoms with Gasteiger partial charge in [0, 0.05) is 5.92 Å². The smallest absolute Gasteiger partial charge is 0.335 e. The molecule has 0 bridgehead atoms. The van der Waals surface area contributed by atoms with Gasteiger partial charge in [-0.3, -0.25) is 14.7 Å². The number of anilines is 1. The molecule has 4 atom stereocenters. The fraction of sp³-hybridized carbons (Fsp3) is 0.742. The van der Waals surface area contributed by atoms with Gasteiger partial charge < -0.3 is 22.8 Å². The lowest BCUT2D eigenvalue weighted by Gasteiger charge is -2.51. The number of ether oxygens (including phenoxy) is 1. The topological polar surface area (TPSA) is 130 Å². The van der Waals surface area contributed by atoms with E-state index in [1.165, 1.54) is 6.33 Å². The number of carbonyl (C=O) groups is 1. The van der Waals surface area contributed by atoms with Crippen LogP contribution in [0.25, 0.3) is 11.2 Å². The summed E-state index contributed by atoms with van der Waals surface area (Å²) in [6, 6.07) is 0. The first-order chi connectivity index (χ1) is 21.2. The van der Waals surface area contributed by atoms with Crippen LogP contribution in [-0.4, -0.2) is 80.1 Å². The predicted molar refractivity (Wildman–Crippen MR) is 188 cm³/mol. The van der Waals surface area contributed by atoms with Crippen LogP contribution in [0.3, 0.4) is 0 Å². The maximum atomic E-state index is 12.9. The highest BCUT2D eigenvalue weighted by molar-refractivity contribution is 6.84. The third-order valence-electron chi connectivity index (χ3n) is 8.80. The lowest BCUT2D eigenvalue weighted by atomic mass is 9.95. The van der Waals surface area contributed by atoms with Gasteiger partial charge >= 0.3 is 17.1 Å². The molecule has 46 heavy (non-hydrogen) atoms. The Kier molecular flexibility index (Phi) is 10.8. The Bertz CT molecular complexity index is 1490. The summed E-state index contributed by atoms with van der Waals surface area (Å²) in [6.07, 6.45) is -1.13.